The summed E-state index contributed by atoms with van der Waals surface area (Å²) in [5.74, 6) is -2.35. The van der Waals surface area contributed by atoms with Gasteiger partial charge < -0.3 is 10.2 Å². The molecule has 5 rings (SSSR count). The van der Waals surface area contributed by atoms with Gasteiger partial charge in [0, 0.05) is 51.2 Å². The molecule has 3 fully saturated rings. The van der Waals surface area contributed by atoms with E-state index in [1.54, 1.807) is 0 Å². The number of rotatable bonds is 4. The van der Waals surface area contributed by atoms with Gasteiger partial charge in [0.15, 0.2) is 0 Å². The van der Waals surface area contributed by atoms with Crippen molar-refractivity contribution in [3.63, 3.8) is 0 Å². The molecule has 0 aromatic heterocycles. The van der Waals surface area contributed by atoms with Crippen LogP contribution >= 0.6 is 0 Å². The third-order valence-corrected chi connectivity index (χ3v) is 7.16. The number of carbonyl (C=O) groups is 4. The van der Waals surface area contributed by atoms with Gasteiger partial charge in [0.25, 0.3) is 11.8 Å². The van der Waals surface area contributed by atoms with Gasteiger partial charge in [-0.2, -0.15) is 0 Å². The van der Waals surface area contributed by atoms with Crippen molar-refractivity contribution in [2.24, 2.45) is 5.92 Å². The number of hydrogen-bond acceptors (Lipinski definition) is 7. The number of fused-ring (bicyclic) bond motifs is 1. The van der Waals surface area contributed by atoms with E-state index in [9.17, 15) is 19.2 Å². The van der Waals surface area contributed by atoms with Gasteiger partial charge in [0.05, 0.1) is 16.8 Å². The van der Waals surface area contributed by atoms with Gasteiger partial charge in [-0.25, -0.2) is 4.39 Å². The van der Waals surface area contributed by atoms with Gasteiger partial charge in [-0.05, 0) is 38.3 Å². The van der Waals surface area contributed by atoms with Crippen LogP contribution in [0, 0.1) is 11.7 Å². The van der Waals surface area contributed by atoms with Crippen LogP contribution in [0.5, 0.6) is 0 Å². The molecule has 4 aliphatic rings. The maximum Gasteiger partial charge on any atom is 0.262 e. The summed E-state index contributed by atoms with van der Waals surface area (Å²) in [4.78, 5) is 55.1. The van der Waals surface area contributed by atoms with Crippen molar-refractivity contribution in [2.75, 3.05) is 37.6 Å². The highest BCUT2D eigenvalue weighted by molar-refractivity contribution is 6.23. The van der Waals surface area contributed by atoms with Crippen molar-refractivity contribution in [3.8, 4) is 0 Å². The monoisotopic (exact) mass is 457 g/mol. The number of carbonyl (C=O) groups excluding carboxylic acids is 4. The number of benzene rings is 1. The van der Waals surface area contributed by atoms with Gasteiger partial charge in [0.2, 0.25) is 11.8 Å². The normalized spacial score (nSPS) is 28.8. The van der Waals surface area contributed by atoms with E-state index >= 15 is 4.39 Å². The van der Waals surface area contributed by atoms with E-state index < -0.39 is 35.5 Å². The van der Waals surface area contributed by atoms with Gasteiger partial charge in [-0.1, -0.05) is 0 Å². The predicted octanol–water partition coefficient (Wildman–Crippen LogP) is 0.345. The van der Waals surface area contributed by atoms with E-state index in [0.717, 1.165) is 43.7 Å². The Bertz CT molecular complexity index is 1030. The van der Waals surface area contributed by atoms with Crippen molar-refractivity contribution in [1.82, 2.24) is 20.4 Å². The molecule has 1 aromatic rings. The fourth-order valence-corrected chi connectivity index (χ4v) is 5.58. The quantitative estimate of drug-likeness (QED) is 0.629. The average Bonchev–Trinajstić information content (AvgIpc) is 2.95. The summed E-state index contributed by atoms with van der Waals surface area (Å²) < 4.78 is 15.3. The van der Waals surface area contributed by atoms with Gasteiger partial charge in [0.1, 0.15) is 11.9 Å². The molecule has 33 heavy (non-hydrogen) atoms. The average molecular weight is 458 g/mol. The zero-order valence-electron chi connectivity index (χ0n) is 18.8. The summed E-state index contributed by atoms with van der Waals surface area (Å²) >= 11 is 0. The van der Waals surface area contributed by atoms with E-state index in [4.69, 9.17) is 0 Å². The highest BCUT2D eigenvalue weighted by Crippen LogP contribution is 2.35. The molecule has 4 amide bonds. The second-order valence-electron chi connectivity index (χ2n) is 9.64. The molecular weight excluding hydrogens is 429 g/mol. The SMILES string of the molecule is CC1CN(CC2CNC2)CC(C)N1c1cc2c(cc1F)C(=O)N(C1CCC(=O)NC1=O)C2=O. The highest BCUT2D eigenvalue weighted by atomic mass is 19.1. The van der Waals surface area contributed by atoms with Crippen LogP contribution in [0.3, 0.4) is 0 Å². The standard InChI is InChI=1S/C23H28FN5O4/c1-12-9-27(11-14-7-25-8-14)10-13(2)28(12)19-6-16-15(5-17(19)24)22(32)29(23(16)33)18-3-4-20(30)26-21(18)31/h5-6,12-14,18,25H,3-4,7-11H2,1-2H3,(H,26,30,31). The van der Waals surface area contributed by atoms with Gasteiger partial charge in [-0.15, -0.1) is 0 Å². The largest absolute Gasteiger partial charge is 0.361 e. The van der Waals surface area contributed by atoms with Crippen LogP contribution in [0.4, 0.5) is 10.1 Å². The molecule has 4 aliphatic heterocycles. The minimum absolute atomic E-state index is 0.0211. The molecule has 3 unspecified atom stereocenters. The fraction of sp³-hybridized carbons (Fsp3) is 0.565. The van der Waals surface area contributed by atoms with Gasteiger partial charge in [-0.3, -0.25) is 34.3 Å². The molecule has 4 heterocycles. The third-order valence-electron chi connectivity index (χ3n) is 7.16. The van der Waals surface area contributed by atoms with Crippen LogP contribution in [0.15, 0.2) is 12.1 Å². The number of nitrogens with zero attached hydrogens (tertiary/aromatic N) is 3. The molecule has 0 saturated carbocycles. The summed E-state index contributed by atoms with van der Waals surface area (Å²) in [5, 5.41) is 5.46. The van der Waals surface area contributed by atoms with Crippen LogP contribution < -0.4 is 15.5 Å². The summed E-state index contributed by atoms with van der Waals surface area (Å²) in [6, 6.07) is 1.54. The number of anilines is 1. The fourth-order valence-electron chi connectivity index (χ4n) is 5.58. The Hall–Kier alpha value is -2.85. The number of piperidine rings is 1. The minimum Gasteiger partial charge on any atom is -0.361 e. The molecule has 2 N–H and O–H groups in total. The minimum atomic E-state index is -1.07. The maximum atomic E-state index is 15.3. The van der Waals surface area contributed by atoms with Crippen LogP contribution in [0.25, 0.3) is 0 Å². The number of imide groups is 2. The first-order valence-electron chi connectivity index (χ1n) is 11.5. The van der Waals surface area contributed by atoms with Crippen LogP contribution in [0.1, 0.15) is 47.4 Å². The lowest BCUT2D eigenvalue weighted by Gasteiger charge is -2.47. The van der Waals surface area contributed by atoms with Crippen molar-refractivity contribution >= 4 is 29.3 Å². The second-order valence-corrected chi connectivity index (χ2v) is 9.64. The number of halogens is 1. The van der Waals surface area contributed by atoms with Crippen molar-refractivity contribution < 1.29 is 23.6 Å². The van der Waals surface area contributed by atoms with E-state index in [-0.39, 0.29) is 36.1 Å². The molecule has 0 radical (unpaired) electrons. The molecule has 176 valence electrons. The van der Waals surface area contributed by atoms with E-state index in [1.165, 1.54) is 6.07 Å². The molecule has 0 aliphatic carbocycles. The first kappa shape index (κ1) is 22.0. The Kier molecular flexibility index (Phi) is 5.44. The summed E-state index contributed by atoms with van der Waals surface area (Å²) in [5.41, 5.74) is 0.357. The molecule has 9 nitrogen and oxygen atoms in total. The Morgan fingerprint density at radius 3 is 2.21 bits per heavy atom. The first-order chi connectivity index (χ1) is 15.7. The van der Waals surface area contributed by atoms with Gasteiger partial charge >= 0.3 is 0 Å². The van der Waals surface area contributed by atoms with E-state index in [0.29, 0.717) is 11.6 Å². The zero-order chi connectivity index (χ0) is 23.4. The van der Waals surface area contributed by atoms with Crippen LogP contribution in [0.2, 0.25) is 0 Å². The molecule has 0 spiro atoms. The zero-order valence-corrected chi connectivity index (χ0v) is 18.8. The Morgan fingerprint density at radius 2 is 1.64 bits per heavy atom. The number of piperazine rings is 1. The molecular formula is C23H28FN5O4. The molecule has 3 saturated heterocycles. The summed E-state index contributed by atoms with van der Waals surface area (Å²) in [7, 11) is 0. The third kappa shape index (κ3) is 3.71. The van der Waals surface area contributed by atoms with Crippen LogP contribution in [-0.2, 0) is 9.59 Å². The number of hydrogen-bond donors (Lipinski definition) is 2. The Labute approximate surface area is 191 Å². The predicted molar refractivity (Wildman–Crippen MR) is 117 cm³/mol. The van der Waals surface area contributed by atoms with E-state index in [2.05, 4.69) is 15.5 Å². The smallest absolute Gasteiger partial charge is 0.262 e. The summed E-state index contributed by atoms with van der Waals surface area (Å²) in [6.45, 7) is 8.72. The first-order valence-corrected chi connectivity index (χ1v) is 11.5. The Balaban J connectivity index is 1.40. The van der Waals surface area contributed by atoms with Crippen molar-refractivity contribution in [1.29, 1.82) is 0 Å². The highest BCUT2D eigenvalue weighted by Gasteiger charge is 2.45. The second kappa shape index (κ2) is 8.18. The number of nitrogens with one attached hydrogen (secondary N) is 2. The molecule has 3 atom stereocenters. The van der Waals surface area contributed by atoms with Crippen molar-refractivity contribution in [3.05, 3.63) is 29.1 Å². The van der Waals surface area contributed by atoms with Crippen molar-refractivity contribution in [2.45, 2.75) is 44.8 Å². The Morgan fingerprint density at radius 1 is 1.00 bits per heavy atom. The topological polar surface area (TPSA) is 102 Å². The molecule has 1 aromatic carbocycles. The molecule has 0 bridgehead atoms. The molecule has 10 heteroatoms. The summed E-state index contributed by atoms with van der Waals surface area (Å²) in [6.07, 6.45) is 0.109. The lowest BCUT2D eigenvalue weighted by Crippen LogP contribution is -2.59. The maximum absolute atomic E-state index is 15.3. The lowest BCUT2D eigenvalue weighted by atomic mass is 9.99. The lowest BCUT2D eigenvalue weighted by molar-refractivity contribution is -0.136. The van der Waals surface area contributed by atoms with E-state index in [1.807, 2.05) is 18.7 Å². The number of amides is 4. The van der Waals surface area contributed by atoms with Crippen LogP contribution in [-0.4, -0.2) is 84.3 Å².